The molecule has 0 radical (unpaired) electrons. The normalized spacial score (nSPS) is 39.4. The quantitative estimate of drug-likeness (QED) is 0.464. The summed E-state index contributed by atoms with van der Waals surface area (Å²) in [6, 6.07) is 0. The zero-order valence-corrected chi connectivity index (χ0v) is 8.82. The molecule has 1 saturated carbocycles. The van der Waals surface area contributed by atoms with E-state index in [1.54, 1.807) is 5.57 Å². The summed E-state index contributed by atoms with van der Waals surface area (Å²) in [5, 5.41) is 1.09. The minimum Gasteiger partial charge on any atom is -0.0880 e. The van der Waals surface area contributed by atoms with Crippen LogP contribution in [0.5, 0.6) is 0 Å². The number of alkyl halides is 1. The molecule has 0 unspecified atom stereocenters. The van der Waals surface area contributed by atoms with Gasteiger partial charge in [-0.1, -0.05) is 41.4 Å². The molecule has 62 valence electrons. The van der Waals surface area contributed by atoms with Gasteiger partial charge in [-0.3, -0.25) is 0 Å². The maximum Gasteiger partial charge on any atom is 0.0244 e. The Labute approximate surface area is 77.2 Å². The van der Waals surface area contributed by atoms with E-state index in [1.807, 2.05) is 0 Å². The van der Waals surface area contributed by atoms with Crippen LogP contribution in [0.25, 0.3) is 0 Å². The highest BCUT2D eigenvalue weighted by Gasteiger charge is 2.50. The largest absolute Gasteiger partial charge is 0.0880 e. The molecule has 0 aliphatic heterocycles. The van der Waals surface area contributed by atoms with Crippen LogP contribution >= 0.6 is 15.9 Å². The summed E-state index contributed by atoms with van der Waals surface area (Å²) in [6.45, 7) is 4.84. The first-order valence-electron chi connectivity index (χ1n) is 4.41. The Bertz CT molecular complexity index is 203. The molecule has 0 nitrogen and oxygen atoms in total. The van der Waals surface area contributed by atoms with Crippen molar-refractivity contribution in [3.8, 4) is 0 Å². The van der Waals surface area contributed by atoms with Gasteiger partial charge >= 0.3 is 0 Å². The maximum absolute atomic E-state index is 3.56. The first-order valence-corrected chi connectivity index (χ1v) is 5.53. The molecule has 0 N–H and O–H groups in total. The standard InChI is InChI=1S/C10H15Br/c1-10(2)8-4-3-7(6-11)9(10)5-8/h3,8-9H,4-6H2,1-2H3/t8-,9-/m1/s1. The molecule has 1 fully saturated rings. The van der Waals surface area contributed by atoms with Gasteiger partial charge < -0.3 is 0 Å². The first kappa shape index (κ1) is 7.85. The number of fused-ring (bicyclic) bond motifs is 1. The molecule has 3 aliphatic carbocycles. The molecule has 0 aromatic carbocycles. The average Bonchev–Trinajstić information content (AvgIpc) is 2.04. The van der Waals surface area contributed by atoms with Crippen molar-refractivity contribution >= 4 is 15.9 Å². The fourth-order valence-corrected chi connectivity index (χ4v) is 3.25. The third kappa shape index (κ3) is 0.932. The van der Waals surface area contributed by atoms with E-state index in [1.165, 1.54) is 12.8 Å². The van der Waals surface area contributed by atoms with E-state index in [4.69, 9.17) is 0 Å². The van der Waals surface area contributed by atoms with Crippen LogP contribution < -0.4 is 0 Å². The third-order valence-electron chi connectivity index (χ3n) is 3.74. The highest BCUT2D eigenvalue weighted by Crippen LogP contribution is 2.59. The van der Waals surface area contributed by atoms with E-state index in [0.717, 1.165) is 17.2 Å². The molecular formula is C10H15Br. The second-order valence-corrected chi connectivity index (χ2v) is 5.02. The minimum absolute atomic E-state index is 0.609. The Balaban J connectivity index is 2.23. The van der Waals surface area contributed by atoms with Crippen LogP contribution in [-0.4, -0.2) is 5.33 Å². The summed E-state index contributed by atoms with van der Waals surface area (Å²) in [5.41, 5.74) is 2.26. The summed E-state index contributed by atoms with van der Waals surface area (Å²) in [5.74, 6) is 1.87. The zero-order valence-electron chi connectivity index (χ0n) is 7.23. The predicted molar refractivity (Wildman–Crippen MR) is 51.9 cm³/mol. The lowest BCUT2D eigenvalue weighted by molar-refractivity contribution is -0.00526. The number of halogens is 1. The highest BCUT2D eigenvalue weighted by atomic mass is 79.9. The first-order chi connectivity index (χ1) is 5.16. The van der Waals surface area contributed by atoms with Crippen molar-refractivity contribution in [3.05, 3.63) is 11.6 Å². The molecule has 2 bridgehead atoms. The summed E-state index contributed by atoms with van der Waals surface area (Å²) in [6.07, 6.45) is 5.22. The Morgan fingerprint density at radius 2 is 2.36 bits per heavy atom. The maximum atomic E-state index is 3.56. The fourth-order valence-electron chi connectivity index (χ4n) is 2.63. The van der Waals surface area contributed by atoms with Crippen molar-refractivity contribution in [2.45, 2.75) is 26.7 Å². The van der Waals surface area contributed by atoms with E-state index in [2.05, 4.69) is 35.9 Å². The lowest BCUT2D eigenvalue weighted by Gasteiger charge is -2.56. The van der Waals surface area contributed by atoms with Gasteiger partial charge in [-0.05, 0) is 30.1 Å². The SMILES string of the molecule is CC1(C)[C@@H]2CC=C(CBr)[C@H]1C2. The topological polar surface area (TPSA) is 0 Å². The van der Waals surface area contributed by atoms with Crippen LogP contribution in [-0.2, 0) is 0 Å². The van der Waals surface area contributed by atoms with Crippen LogP contribution in [0.1, 0.15) is 26.7 Å². The molecule has 11 heavy (non-hydrogen) atoms. The van der Waals surface area contributed by atoms with E-state index >= 15 is 0 Å². The molecule has 3 rings (SSSR count). The number of rotatable bonds is 1. The van der Waals surface area contributed by atoms with Crippen LogP contribution in [0.15, 0.2) is 11.6 Å². The molecule has 0 amide bonds. The number of allylic oxidation sites excluding steroid dienone is 2. The van der Waals surface area contributed by atoms with Crippen LogP contribution in [0.3, 0.4) is 0 Å². The molecule has 3 aliphatic rings. The molecule has 0 aromatic rings. The van der Waals surface area contributed by atoms with Crippen molar-refractivity contribution < 1.29 is 0 Å². The average molecular weight is 215 g/mol. The lowest BCUT2D eigenvalue weighted by Crippen LogP contribution is -2.48. The van der Waals surface area contributed by atoms with Gasteiger partial charge in [0.15, 0.2) is 0 Å². The van der Waals surface area contributed by atoms with Gasteiger partial charge in [-0.15, -0.1) is 0 Å². The van der Waals surface area contributed by atoms with Gasteiger partial charge in [-0.25, -0.2) is 0 Å². The lowest BCUT2D eigenvalue weighted by atomic mass is 9.49. The van der Waals surface area contributed by atoms with Crippen LogP contribution in [0.2, 0.25) is 0 Å². The summed E-state index contributed by atoms with van der Waals surface area (Å²) < 4.78 is 0. The zero-order chi connectivity index (χ0) is 8.06. The third-order valence-corrected chi connectivity index (χ3v) is 4.38. The molecule has 2 atom stereocenters. The molecule has 0 aromatic heterocycles. The smallest absolute Gasteiger partial charge is 0.0244 e. The fraction of sp³-hybridized carbons (Fsp3) is 0.800. The van der Waals surface area contributed by atoms with E-state index in [-0.39, 0.29) is 0 Å². The monoisotopic (exact) mass is 214 g/mol. The predicted octanol–water partition coefficient (Wildman–Crippen LogP) is 3.37. The van der Waals surface area contributed by atoms with Crippen molar-refractivity contribution in [2.75, 3.05) is 5.33 Å². The molecule has 0 heterocycles. The summed E-state index contributed by atoms with van der Waals surface area (Å²) in [7, 11) is 0. The van der Waals surface area contributed by atoms with Crippen LogP contribution in [0, 0.1) is 17.3 Å². The van der Waals surface area contributed by atoms with Crippen molar-refractivity contribution in [1.82, 2.24) is 0 Å². The number of hydrogen-bond acceptors (Lipinski definition) is 0. The van der Waals surface area contributed by atoms with Crippen molar-refractivity contribution in [3.63, 3.8) is 0 Å². The van der Waals surface area contributed by atoms with Gasteiger partial charge in [0.2, 0.25) is 0 Å². The van der Waals surface area contributed by atoms with Gasteiger partial charge in [0, 0.05) is 5.33 Å². The van der Waals surface area contributed by atoms with E-state index < -0.39 is 0 Å². The molecule has 0 saturated heterocycles. The molecular weight excluding hydrogens is 200 g/mol. The van der Waals surface area contributed by atoms with E-state index in [9.17, 15) is 0 Å². The van der Waals surface area contributed by atoms with Crippen molar-refractivity contribution in [2.24, 2.45) is 17.3 Å². The number of hydrogen-bond donors (Lipinski definition) is 0. The van der Waals surface area contributed by atoms with E-state index in [0.29, 0.717) is 5.41 Å². The summed E-state index contributed by atoms with van der Waals surface area (Å²) in [4.78, 5) is 0. The Hall–Kier alpha value is 0.220. The minimum atomic E-state index is 0.609. The van der Waals surface area contributed by atoms with Gasteiger partial charge in [-0.2, -0.15) is 0 Å². The van der Waals surface area contributed by atoms with Gasteiger partial charge in [0.25, 0.3) is 0 Å². The Kier molecular flexibility index (Phi) is 1.68. The highest BCUT2D eigenvalue weighted by molar-refractivity contribution is 9.09. The van der Waals surface area contributed by atoms with Crippen LogP contribution in [0.4, 0.5) is 0 Å². The second-order valence-electron chi connectivity index (χ2n) is 4.45. The summed E-state index contributed by atoms with van der Waals surface area (Å²) >= 11 is 3.56. The molecule has 0 spiro atoms. The van der Waals surface area contributed by atoms with Crippen molar-refractivity contribution in [1.29, 1.82) is 0 Å². The van der Waals surface area contributed by atoms with Gasteiger partial charge in [0.05, 0.1) is 0 Å². The Morgan fingerprint density at radius 3 is 2.73 bits per heavy atom. The molecule has 1 heteroatoms. The second kappa shape index (κ2) is 2.35. The van der Waals surface area contributed by atoms with Gasteiger partial charge in [0.1, 0.15) is 0 Å². The Morgan fingerprint density at radius 1 is 1.64 bits per heavy atom.